The van der Waals surface area contributed by atoms with E-state index in [9.17, 15) is 4.79 Å². The van der Waals surface area contributed by atoms with Crippen LogP contribution < -0.4 is 10.6 Å². The predicted molar refractivity (Wildman–Crippen MR) is 119 cm³/mol. The lowest BCUT2D eigenvalue weighted by atomic mass is 10.1. The van der Waals surface area contributed by atoms with Crippen molar-refractivity contribution in [1.82, 2.24) is 5.32 Å². The maximum atomic E-state index is 11.6. The van der Waals surface area contributed by atoms with Crippen LogP contribution in [0.1, 0.15) is 21.5 Å². The molecule has 0 amide bonds. The zero-order chi connectivity index (χ0) is 19.8. The average molecular weight is 443 g/mol. The molecule has 8 heteroatoms. The number of thioether (sulfide) groups is 1. The number of aryl methyl sites for hydroxylation is 1. The number of halogens is 2. The summed E-state index contributed by atoms with van der Waals surface area (Å²) in [5, 5.41) is 7.93. The van der Waals surface area contributed by atoms with E-state index in [0.29, 0.717) is 27.3 Å². The SMILES string of the molecule is COC(=O)c1ccc(C)c(NC(=S)NCCSCc2ccc(Cl)c(Cl)c2)c1. The number of hydrogen-bond acceptors (Lipinski definition) is 4. The summed E-state index contributed by atoms with van der Waals surface area (Å²) >= 11 is 19.0. The Hall–Kier alpha value is -1.47. The van der Waals surface area contributed by atoms with Gasteiger partial charge in [-0.15, -0.1) is 0 Å². The second-order valence-electron chi connectivity index (χ2n) is 5.70. The Kier molecular flexibility index (Phi) is 8.70. The van der Waals surface area contributed by atoms with E-state index in [4.69, 9.17) is 40.2 Å². The number of benzene rings is 2. The Morgan fingerprint density at radius 2 is 1.96 bits per heavy atom. The first-order valence-electron chi connectivity index (χ1n) is 8.16. The van der Waals surface area contributed by atoms with Crippen LogP contribution in [0.15, 0.2) is 36.4 Å². The molecular formula is C19H20Cl2N2O2S2. The summed E-state index contributed by atoms with van der Waals surface area (Å²) in [6.07, 6.45) is 0. The van der Waals surface area contributed by atoms with Gasteiger partial charge in [0.2, 0.25) is 0 Å². The molecule has 0 fully saturated rings. The Balaban J connectivity index is 1.76. The van der Waals surface area contributed by atoms with Crippen molar-refractivity contribution in [2.24, 2.45) is 0 Å². The quantitative estimate of drug-likeness (QED) is 0.344. The minimum absolute atomic E-state index is 0.379. The number of carbonyl (C=O) groups is 1. The van der Waals surface area contributed by atoms with Crippen LogP contribution in [0.25, 0.3) is 0 Å². The van der Waals surface area contributed by atoms with Crippen LogP contribution in [0.2, 0.25) is 10.0 Å². The van der Waals surface area contributed by atoms with Gasteiger partial charge < -0.3 is 15.4 Å². The third kappa shape index (κ3) is 6.88. The number of carbonyl (C=O) groups excluding carboxylic acids is 1. The monoisotopic (exact) mass is 442 g/mol. The van der Waals surface area contributed by atoms with Crippen molar-refractivity contribution in [3.63, 3.8) is 0 Å². The van der Waals surface area contributed by atoms with Crippen molar-refractivity contribution in [1.29, 1.82) is 0 Å². The minimum Gasteiger partial charge on any atom is -0.465 e. The normalized spacial score (nSPS) is 10.4. The summed E-state index contributed by atoms with van der Waals surface area (Å²) in [7, 11) is 1.36. The molecule has 2 N–H and O–H groups in total. The molecule has 0 unspecified atom stereocenters. The summed E-state index contributed by atoms with van der Waals surface area (Å²) in [4.78, 5) is 11.6. The van der Waals surface area contributed by atoms with E-state index in [2.05, 4.69) is 10.6 Å². The number of esters is 1. The van der Waals surface area contributed by atoms with Crippen molar-refractivity contribution in [2.75, 3.05) is 24.7 Å². The number of anilines is 1. The maximum absolute atomic E-state index is 11.6. The van der Waals surface area contributed by atoms with Gasteiger partial charge in [-0.2, -0.15) is 11.8 Å². The van der Waals surface area contributed by atoms with Crippen molar-refractivity contribution in [2.45, 2.75) is 12.7 Å². The standard InChI is InChI=1S/C19H20Cl2N2O2S2/c1-12-3-5-14(18(24)25-2)10-17(12)23-19(26)22-7-8-27-11-13-4-6-15(20)16(21)9-13/h3-6,9-10H,7-8,11H2,1-2H3,(H2,22,23,26). The van der Waals surface area contributed by atoms with Gasteiger partial charge in [0.05, 0.1) is 22.7 Å². The van der Waals surface area contributed by atoms with Crippen molar-refractivity contribution in [3.8, 4) is 0 Å². The second-order valence-corrected chi connectivity index (χ2v) is 8.03. The molecule has 0 atom stereocenters. The van der Waals surface area contributed by atoms with Gasteiger partial charge in [-0.3, -0.25) is 0 Å². The van der Waals surface area contributed by atoms with Gasteiger partial charge in [0.15, 0.2) is 5.11 Å². The van der Waals surface area contributed by atoms with Gasteiger partial charge in [0, 0.05) is 23.7 Å². The Labute approximate surface area is 179 Å². The summed E-state index contributed by atoms with van der Waals surface area (Å²) in [6.45, 7) is 2.66. The average Bonchev–Trinajstić information content (AvgIpc) is 2.65. The van der Waals surface area contributed by atoms with E-state index in [-0.39, 0.29) is 5.97 Å². The fourth-order valence-electron chi connectivity index (χ4n) is 2.22. The number of hydrogen-bond donors (Lipinski definition) is 2. The van der Waals surface area contributed by atoms with Gasteiger partial charge in [-0.25, -0.2) is 4.79 Å². The van der Waals surface area contributed by atoms with Crippen LogP contribution in [0.4, 0.5) is 5.69 Å². The number of ether oxygens (including phenoxy) is 1. The summed E-state index contributed by atoms with van der Waals surface area (Å²) in [5.41, 5.74) is 3.37. The highest BCUT2D eigenvalue weighted by Gasteiger charge is 2.09. The van der Waals surface area contributed by atoms with Gasteiger partial charge >= 0.3 is 5.97 Å². The van der Waals surface area contributed by atoms with Crippen LogP contribution in [0.3, 0.4) is 0 Å². The first-order valence-corrected chi connectivity index (χ1v) is 10.5. The van der Waals surface area contributed by atoms with E-state index in [1.54, 1.807) is 23.9 Å². The highest BCUT2D eigenvalue weighted by Crippen LogP contribution is 2.24. The molecule has 0 aliphatic heterocycles. The molecule has 0 spiro atoms. The van der Waals surface area contributed by atoms with Gasteiger partial charge in [0.25, 0.3) is 0 Å². The highest BCUT2D eigenvalue weighted by molar-refractivity contribution is 7.98. The van der Waals surface area contributed by atoms with E-state index in [1.807, 2.05) is 31.2 Å². The Morgan fingerprint density at radius 3 is 2.67 bits per heavy atom. The lowest BCUT2D eigenvalue weighted by Gasteiger charge is -2.13. The van der Waals surface area contributed by atoms with Gasteiger partial charge in [0.1, 0.15) is 0 Å². The van der Waals surface area contributed by atoms with Crippen molar-refractivity contribution < 1.29 is 9.53 Å². The first-order chi connectivity index (χ1) is 12.9. The largest absolute Gasteiger partial charge is 0.465 e. The van der Waals surface area contributed by atoms with Gasteiger partial charge in [-0.1, -0.05) is 35.3 Å². The fraction of sp³-hybridized carbons (Fsp3) is 0.263. The van der Waals surface area contributed by atoms with E-state index in [1.165, 1.54) is 7.11 Å². The van der Waals surface area contributed by atoms with E-state index >= 15 is 0 Å². The summed E-state index contributed by atoms with van der Waals surface area (Å²) in [5.74, 6) is 1.35. The number of methoxy groups -OCH3 is 1. The zero-order valence-electron chi connectivity index (χ0n) is 15.0. The van der Waals surface area contributed by atoms with Crippen LogP contribution in [-0.2, 0) is 10.5 Å². The number of nitrogens with one attached hydrogen (secondary N) is 2. The molecule has 144 valence electrons. The van der Waals surface area contributed by atoms with Crippen LogP contribution in [0.5, 0.6) is 0 Å². The number of rotatable bonds is 7. The molecule has 0 radical (unpaired) electrons. The third-order valence-corrected chi connectivity index (χ3v) is 5.71. The predicted octanol–water partition coefficient (Wildman–Crippen LogP) is 5.31. The third-order valence-electron chi connectivity index (χ3n) is 3.69. The molecule has 0 saturated carbocycles. The molecule has 2 rings (SSSR count). The maximum Gasteiger partial charge on any atom is 0.337 e. The topological polar surface area (TPSA) is 50.4 Å². The van der Waals surface area contributed by atoms with E-state index < -0.39 is 0 Å². The molecule has 2 aromatic rings. The minimum atomic E-state index is -0.379. The molecule has 0 bridgehead atoms. The molecular weight excluding hydrogens is 423 g/mol. The molecule has 0 heterocycles. The Bertz CT molecular complexity index is 831. The lowest BCUT2D eigenvalue weighted by Crippen LogP contribution is -2.30. The molecule has 0 aliphatic carbocycles. The highest BCUT2D eigenvalue weighted by atomic mass is 35.5. The fourth-order valence-corrected chi connectivity index (χ4v) is 3.56. The molecule has 4 nitrogen and oxygen atoms in total. The van der Waals surface area contributed by atoms with Gasteiger partial charge in [-0.05, 0) is 54.5 Å². The van der Waals surface area contributed by atoms with Crippen LogP contribution in [0, 0.1) is 6.92 Å². The molecule has 0 saturated heterocycles. The smallest absolute Gasteiger partial charge is 0.337 e. The molecule has 0 aliphatic rings. The lowest BCUT2D eigenvalue weighted by molar-refractivity contribution is 0.0601. The molecule has 2 aromatic carbocycles. The summed E-state index contributed by atoms with van der Waals surface area (Å²) in [6, 6.07) is 11.0. The van der Waals surface area contributed by atoms with E-state index in [0.717, 1.165) is 28.3 Å². The van der Waals surface area contributed by atoms with Crippen LogP contribution in [-0.4, -0.2) is 30.5 Å². The first kappa shape index (κ1) is 21.8. The molecule has 0 aromatic heterocycles. The Morgan fingerprint density at radius 1 is 1.19 bits per heavy atom. The van der Waals surface area contributed by atoms with Crippen LogP contribution >= 0.6 is 47.2 Å². The molecule has 27 heavy (non-hydrogen) atoms. The zero-order valence-corrected chi connectivity index (χ0v) is 18.1. The van der Waals surface area contributed by atoms with Crippen molar-refractivity contribution >= 4 is 64.0 Å². The van der Waals surface area contributed by atoms with Crippen molar-refractivity contribution in [3.05, 3.63) is 63.1 Å². The number of thiocarbonyl (C=S) groups is 1. The second kappa shape index (κ2) is 10.8. The summed E-state index contributed by atoms with van der Waals surface area (Å²) < 4.78 is 4.74.